The van der Waals surface area contributed by atoms with E-state index < -0.39 is 20.0 Å². The Morgan fingerprint density at radius 3 is 1.52 bits per heavy atom. The molecule has 0 aromatic carbocycles. The molecule has 0 saturated heterocycles. The highest BCUT2D eigenvalue weighted by Gasteiger charge is 2.24. The molecule has 3 unspecified atom stereocenters. The van der Waals surface area contributed by atoms with E-state index in [-0.39, 0.29) is 25.5 Å². The van der Waals surface area contributed by atoms with E-state index in [4.69, 9.17) is 9.05 Å². The number of quaternary nitrogens is 1. The number of aliphatic hydroxyl groups excluding tert-OH is 1. The van der Waals surface area contributed by atoms with Gasteiger partial charge in [-0.05, 0) is 51.4 Å². The number of aliphatic hydroxyl groups is 1. The minimum absolute atomic E-state index is 0.00108. The number of unbranched alkanes of at least 4 members (excludes halogenated alkanes) is 17. The minimum atomic E-state index is -4.58. The average molecular weight is 807 g/mol. The Labute approximate surface area is 345 Å². The molecule has 0 fully saturated rings. The summed E-state index contributed by atoms with van der Waals surface area (Å²) in [6.45, 7) is 4.55. The monoisotopic (exact) mass is 807 g/mol. The molecule has 3 atom stereocenters. The predicted octanol–water partition coefficient (Wildman–Crippen LogP) is 12.0. The first-order valence-electron chi connectivity index (χ1n) is 22.6. The first kappa shape index (κ1) is 54.2. The number of phosphoric acid groups is 1. The van der Waals surface area contributed by atoms with Gasteiger partial charge in [0.15, 0.2) is 0 Å². The third-order valence-corrected chi connectivity index (χ3v) is 10.7. The number of allylic oxidation sites excluding steroid dienone is 10. The van der Waals surface area contributed by atoms with Crippen molar-refractivity contribution in [2.24, 2.45) is 0 Å². The number of hydrogen-bond acceptors (Lipinski definition) is 6. The van der Waals surface area contributed by atoms with Crippen LogP contribution in [0.2, 0.25) is 0 Å². The molecule has 0 heterocycles. The van der Waals surface area contributed by atoms with Crippen molar-refractivity contribution in [2.75, 3.05) is 40.9 Å². The molecule has 0 aromatic rings. The van der Waals surface area contributed by atoms with Crippen LogP contribution in [0, 0.1) is 0 Å². The maximum absolute atomic E-state index is 12.9. The smallest absolute Gasteiger partial charge is 0.268 e. The van der Waals surface area contributed by atoms with Gasteiger partial charge in [0.2, 0.25) is 5.91 Å². The van der Waals surface area contributed by atoms with E-state index >= 15 is 0 Å². The molecule has 0 aliphatic heterocycles. The highest BCUT2D eigenvalue weighted by atomic mass is 31.2. The fourth-order valence-corrected chi connectivity index (χ4v) is 6.91. The van der Waals surface area contributed by atoms with Crippen molar-refractivity contribution in [3.8, 4) is 0 Å². The Morgan fingerprint density at radius 2 is 1.07 bits per heavy atom. The maximum atomic E-state index is 12.9. The molecular formula is C47H87N2O6P. The molecule has 9 heteroatoms. The molecule has 0 aliphatic carbocycles. The van der Waals surface area contributed by atoms with Gasteiger partial charge in [-0.2, -0.15) is 0 Å². The Hall–Kier alpha value is -1.80. The van der Waals surface area contributed by atoms with Crippen LogP contribution in [0.25, 0.3) is 0 Å². The first-order valence-corrected chi connectivity index (χ1v) is 24.1. The SMILES string of the molecule is CC/C=C\C/C=C\C/C=C\C/C=C\C/C=C\CCCC(=O)NC(COP(=O)([O-])OCC[N+](C)(C)C)C(O)CCCCCCCCCCCCCCCCCCC. The van der Waals surface area contributed by atoms with Gasteiger partial charge in [-0.15, -0.1) is 0 Å². The Kier molecular flexibility index (Phi) is 37.5. The Morgan fingerprint density at radius 1 is 0.643 bits per heavy atom. The summed E-state index contributed by atoms with van der Waals surface area (Å²) < 4.78 is 23.2. The van der Waals surface area contributed by atoms with Gasteiger partial charge >= 0.3 is 0 Å². The lowest BCUT2D eigenvalue weighted by Gasteiger charge is -2.30. The third kappa shape index (κ3) is 40.4. The fourth-order valence-electron chi connectivity index (χ4n) is 6.19. The maximum Gasteiger partial charge on any atom is 0.268 e. The van der Waals surface area contributed by atoms with Crippen molar-refractivity contribution < 1.29 is 32.9 Å². The lowest BCUT2D eigenvalue weighted by Crippen LogP contribution is -2.46. The lowest BCUT2D eigenvalue weighted by atomic mass is 10.0. The van der Waals surface area contributed by atoms with Gasteiger partial charge in [0.25, 0.3) is 7.82 Å². The molecule has 0 radical (unpaired) electrons. The van der Waals surface area contributed by atoms with Gasteiger partial charge in [0.05, 0.1) is 39.9 Å². The summed E-state index contributed by atoms with van der Waals surface area (Å²) in [5, 5.41) is 13.9. The van der Waals surface area contributed by atoms with Crippen LogP contribution in [0.3, 0.4) is 0 Å². The number of rotatable bonds is 40. The molecule has 0 saturated carbocycles. The summed E-state index contributed by atoms with van der Waals surface area (Å²) in [6.07, 6.45) is 49.5. The molecule has 2 N–H and O–H groups in total. The van der Waals surface area contributed by atoms with E-state index in [2.05, 4.69) is 79.9 Å². The van der Waals surface area contributed by atoms with Crippen LogP contribution >= 0.6 is 7.82 Å². The Bertz CT molecular complexity index is 1100. The van der Waals surface area contributed by atoms with E-state index in [1.165, 1.54) is 89.9 Å². The standard InChI is InChI=1S/C47H87N2O6P/c1-6-8-10-12-14-16-18-20-22-24-26-28-30-32-34-36-38-40-46(50)45(44-55-56(52,53)54-43-42-49(3,4)5)48-47(51)41-39-37-35-33-31-29-27-25-23-21-19-17-15-13-11-9-7-2/h9,11,15,17,21,23,27,29,33,35,45-46,50H,6-8,10,12-14,16,18-20,22,24-26,28,30-32,34,36-44H2,1-5H3,(H-,48,51,52,53)/b11-9-,17-15-,23-21-,29-27-,35-33-. The van der Waals surface area contributed by atoms with Gasteiger partial charge in [-0.25, -0.2) is 0 Å². The molecule has 1 amide bonds. The number of hydrogen-bond donors (Lipinski definition) is 2. The molecular weight excluding hydrogens is 719 g/mol. The number of carbonyl (C=O) groups excluding carboxylic acids is 1. The molecule has 0 spiro atoms. The lowest BCUT2D eigenvalue weighted by molar-refractivity contribution is -0.870. The summed E-state index contributed by atoms with van der Waals surface area (Å²) in [5.41, 5.74) is 0. The predicted molar refractivity (Wildman–Crippen MR) is 237 cm³/mol. The van der Waals surface area contributed by atoms with Crippen LogP contribution in [-0.2, 0) is 18.4 Å². The van der Waals surface area contributed by atoms with Crippen LogP contribution in [0.5, 0.6) is 0 Å². The van der Waals surface area contributed by atoms with Gasteiger partial charge in [-0.1, -0.05) is 184 Å². The number of amides is 1. The molecule has 326 valence electrons. The Balaban J connectivity index is 4.47. The van der Waals surface area contributed by atoms with Crippen LogP contribution in [0.15, 0.2) is 60.8 Å². The van der Waals surface area contributed by atoms with E-state index in [1.54, 1.807) is 0 Å². The third-order valence-electron chi connectivity index (χ3n) is 9.77. The number of carbonyl (C=O) groups is 1. The zero-order valence-corrected chi connectivity index (χ0v) is 37.7. The van der Waals surface area contributed by atoms with Gasteiger partial charge < -0.3 is 28.8 Å². The fraction of sp³-hybridized carbons (Fsp3) is 0.766. The average Bonchev–Trinajstić information content (AvgIpc) is 3.15. The number of likely N-dealkylation sites (N-methyl/N-ethyl adjacent to an activating group) is 1. The van der Waals surface area contributed by atoms with Crippen LogP contribution in [0.1, 0.15) is 181 Å². The number of nitrogens with zero attached hydrogens (tertiary/aromatic N) is 1. The summed E-state index contributed by atoms with van der Waals surface area (Å²) in [4.78, 5) is 25.3. The second-order valence-electron chi connectivity index (χ2n) is 16.4. The molecule has 8 nitrogen and oxygen atoms in total. The largest absolute Gasteiger partial charge is 0.756 e. The normalized spacial score (nSPS) is 14.9. The minimum Gasteiger partial charge on any atom is -0.756 e. The molecule has 56 heavy (non-hydrogen) atoms. The van der Waals surface area contributed by atoms with Gasteiger partial charge in [-0.3, -0.25) is 9.36 Å². The number of phosphoric ester groups is 1. The second-order valence-corrected chi connectivity index (χ2v) is 17.8. The van der Waals surface area contributed by atoms with E-state index in [9.17, 15) is 19.4 Å². The number of nitrogens with one attached hydrogen (secondary N) is 1. The summed E-state index contributed by atoms with van der Waals surface area (Å²) in [6, 6.07) is -0.832. The van der Waals surface area contributed by atoms with Crippen molar-refractivity contribution >= 4 is 13.7 Å². The summed E-state index contributed by atoms with van der Waals surface area (Å²) in [7, 11) is 1.26. The topological polar surface area (TPSA) is 108 Å². The van der Waals surface area contributed by atoms with E-state index in [0.29, 0.717) is 23.9 Å². The van der Waals surface area contributed by atoms with Crippen LogP contribution < -0.4 is 10.2 Å². The van der Waals surface area contributed by atoms with E-state index in [1.807, 2.05) is 21.1 Å². The zero-order chi connectivity index (χ0) is 41.4. The van der Waals surface area contributed by atoms with Crippen molar-refractivity contribution in [1.82, 2.24) is 5.32 Å². The van der Waals surface area contributed by atoms with Crippen LogP contribution in [-0.4, -0.2) is 68.5 Å². The summed E-state index contributed by atoms with van der Waals surface area (Å²) in [5.74, 6) is -0.223. The molecule has 0 rings (SSSR count). The molecule has 0 aromatic heterocycles. The van der Waals surface area contributed by atoms with Crippen molar-refractivity contribution in [1.29, 1.82) is 0 Å². The van der Waals surface area contributed by atoms with Gasteiger partial charge in [0, 0.05) is 6.42 Å². The van der Waals surface area contributed by atoms with Crippen LogP contribution in [0.4, 0.5) is 0 Å². The summed E-state index contributed by atoms with van der Waals surface area (Å²) >= 11 is 0. The van der Waals surface area contributed by atoms with Crippen molar-refractivity contribution in [3.63, 3.8) is 0 Å². The van der Waals surface area contributed by atoms with E-state index in [0.717, 1.165) is 57.8 Å². The van der Waals surface area contributed by atoms with Crippen molar-refractivity contribution in [2.45, 2.75) is 193 Å². The zero-order valence-electron chi connectivity index (χ0n) is 36.8. The first-order chi connectivity index (χ1) is 27.0. The van der Waals surface area contributed by atoms with Gasteiger partial charge in [0.1, 0.15) is 13.2 Å². The quantitative estimate of drug-likeness (QED) is 0.0276. The molecule has 0 aliphatic rings. The highest BCUT2D eigenvalue weighted by Crippen LogP contribution is 2.38. The highest BCUT2D eigenvalue weighted by molar-refractivity contribution is 7.45. The molecule has 0 bridgehead atoms. The second kappa shape index (κ2) is 38.7. The van der Waals surface area contributed by atoms with Crippen molar-refractivity contribution in [3.05, 3.63) is 60.8 Å².